The molecular weight excluding hydrogens is 277 g/mol. The van der Waals surface area contributed by atoms with Crippen molar-refractivity contribution >= 4 is 11.6 Å². The molecular formula is C13H16ClF3N2. The van der Waals surface area contributed by atoms with Crippen molar-refractivity contribution in [2.75, 3.05) is 19.6 Å². The molecule has 19 heavy (non-hydrogen) atoms. The van der Waals surface area contributed by atoms with Crippen molar-refractivity contribution in [2.45, 2.75) is 25.7 Å². The van der Waals surface area contributed by atoms with Crippen LogP contribution >= 0.6 is 11.6 Å². The maximum absolute atomic E-state index is 12.7. The number of piperazine rings is 1. The third kappa shape index (κ3) is 3.84. The van der Waals surface area contributed by atoms with E-state index in [9.17, 15) is 13.2 Å². The summed E-state index contributed by atoms with van der Waals surface area (Å²) in [6.07, 6.45) is -4.35. The van der Waals surface area contributed by atoms with Gasteiger partial charge in [-0.1, -0.05) is 11.6 Å². The van der Waals surface area contributed by atoms with Gasteiger partial charge in [0.25, 0.3) is 0 Å². The molecule has 2 rings (SSSR count). The maximum Gasteiger partial charge on any atom is 0.416 e. The summed E-state index contributed by atoms with van der Waals surface area (Å²) in [6.45, 7) is 5.09. The molecule has 1 aliphatic rings. The molecule has 0 spiro atoms. The molecule has 1 N–H and O–H groups in total. The van der Waals surface area contributed by atoms with Crippen LogP contribution in [0.15, 0.2) is 18.2 Å². The highest BCUT2D eigenvalue weighted by Gasteiger charge is 2.31. The highest BCUT2D eigenvalue weighted by atomic mass is 35.5. The number of benzene rings is 1. The lowest BCUT2D eigenvalue weighted by Gasteiger charge is -2.34. The molecule has 1 atom stereocenters. The minimum atomic E-state index is -4.35. The van der Waals surface area contributed by atoms with Crippen molar-refractivity contribution < 1.29 is 13.2 Å². The van der Waals surface area contributed by atoms with Gasteiger partial charge in [0.2, 0.25) is 0 Å². The van der Waals surface area contributed by atoms with Gasteiger partial charge in [0.05, 0.1) is 5.56 Å². The first kappa shape index (κ1) is 14.6. The van der Waals surface area contributed by atoms with Gasteiger partial charge in [-0.05, 0) is 30.7 Å². The van der Waals surface area contributed by atoms with Gasteiger partial charge in [-0.25, -0.2) is 0 Å². The van der Waals surface area contributed by atoms with Gasteiger partial charge in [0.1, 0.15) is 0 Å². The van der Waals surface area contributed by atoms with Crippen molar-refractivity contribution in [3.63, 3.8) is 0 Å². The Morgan fingerprint density at radius 1 is 1.37 bits per heavy atom. The van der Waals surface area contributed by atoms with Crippen LogP contribution in [-0.4, -0.2) is 30.6 Å². The Bertz CT molecular complexity index is 448. The van der Waals surface area contributed by atoms with Gasteiger partial charge in [-0.2, -0.15) is 13.2 Å². The van der Waals surface area contributed by atoms with E-state index in [0.717, 1.165) is 25.7 Å². The predicted molar refractivity (Wildman–Crippen MR) is 69.2 cm³/mol. The predicted octanol–water partition coefficient (Wildman–Crippen LogP) is 3.15. The van der Waals surface area contributed by atoms with Gasteiger partial charge >= 0.3 is 6.18 Å². The molecule has 6 heteroatoms. The van der Waals surface area contributed by atoms with Crippen molar-refractivity contribution in [3.05, 3.63) is 34.3 Å². The molecule has 1 fully saturated rings. The zero-order valence-electron chi connectivity index (χ0n) is 10.6. The Kier molecular flexibility index (Phi) is 4.38. The molecule has 1 aliphatic heterocycles. The second-order valence-electron chi connectivity index (χ2n) is 4.87. The monoisotopic (exact) mass is 292 g/mol. The summed E-state index contributed by atoms with van der Waals surface area (Å²) in [6, 6.07) is 4.06. The highest BCUT2D eigenvalue weighted by molar-refractivity contribution is 6.30. The summed E-state index contributed by atoms with van der Waals surface area (Å²) in [5.41, 5.74) is -0.0774. The molecule has 0 saturated carbocycles. The lowest BCUT2D eigenvalue weighted by Crippen LogP contribution is -2.49. The van der Waals surface area contributed by atoms with Gasteiger partial charge in [0, 0.05) is 37.2 Å². The molecule has 1 heterocycles. The van der Waals surface area contributed by atoms with Crippen molar-refractivity contribution in [1.82, 2.24) is 10.2 Å². The summed E-state index contributed by atoms with van der Waals surface area (Å²) in [7, 11) is 0. The van der Waals surface area contributed by atoms with Crippen LogP contribution in [0.5, 0.6) is 0 Å². The number of hydrogen-bond donors (Lipinski definition) is 1. The minimum absolute atomic E-state index is 0.132. The summed E-state index contributed by atoms with van der Waals surface area (Å²) in [5.74, 6) is 0. The smallest absolute Gasteiger partial charge is 0.314 e. The maximum atomic E-state index is 12.7. The van der Waals surface area contributed by atoms with E-state index in [-0.39, 0.29) is 5.02 Å². The molecule has 0 aliphatic carbocycles. The third-order valence-corrected chi connectivity index (χ3v) is 3.53. The molecule has 0 bridgehead atoms. The van der Waals surface area contributed by atoms with E-state index in [0.29, 0.717) is 18.2 Å². The molecule has 1 saturated heterocycles. The van der Waals surface area contributed by atoms with Crippen LogP contribution in [0.4, 0.5) is 13.2 Å². The van der Waals surface area contributed by atoms with Gasteiger partial charge in [0.15, 0.2) is 0 Å². The van der Waals surface area contributed by atoms with E-state index in [1.807, 2.05) is 0 Å². The highest BCUT2D eigenvalue weighted by Crippen LogP contribution is 2.32. The summed E-state index contributed by atoms with van der Waals surface area (Å²) >= 11 is 5.78. The number of nitrogens with zero attached hydrogens (tertiary/aromatic N) is 1. The third-order valence-electron chi connectivity index (χ3n) is 3.31. The normalized spacial score (nSPS) is 21.6. The van der Waals surface area contributed by atoms with Crippen LogP contribution in [0, 0.1) is 0 Å². The van der Waals surface area contributed by atoms with Crippen LogP contribution in [0.2, 0.25) is 5.02 Å². The first-order valence-corrected chi connectivity index (χ1v) is 6.55. The number of rotatable bonds is 2. The van der Waals surface area contributed by atoms with E-state index in [1.54, 1.807) is 6.07 Å². The molecule has 0 aromatic heterocycles. The van der Waals surface area contributed by atoms with E-state index >= 15 is 0 Å². The Morgan fingerprint density at radius 3 is 2.74 bits per heavy atom. The Labute approximate surface area is 115 Å². The fourth-order valence-electron chi connectivity index (χ4n) is 2.26. The lowest BCUT2D eigenvalue weighted by molar-refractivity contribution is -0.137. The molecule has 0 amide bonds. The second-order valence-corrected chi connectivity index (χ2v) is 5.31. The fraction of sp³-hybridized carbons (Fsp3) is 0.538. The molecule has 0 radical (unpaired) electrons. The molecule has 1 unspecified atom stereocenters. The molecule has 2 nitrogen and oxygen atoms in total. The van der Waals surface area contributed by atoms with E-state index in [4.69, 9.17) is 11.6 Å². The van der Waals surface area contributed by atoms with Gasteiger partial charge in [-0.15, -0.1) is 0 Å². The zero-order chi connectivity index (χ0) is 14.0. The van der Waals surface area contributed by atoms with Crippen LogP contribution in [0.1, 0.15) is 18.1 Å². The van der Waals surface area contributed by atoms with Crippen LogP contribution < -0.4 is 5.32 Å². The lowest BCUT2D eigenvalue weighted by atomic mass is 10.1. The average molecular weight is 293 g/mol. The van der Waals surface area contributed by atoms with Crippen molar-refractivity contribution in [1.29, 1.82) is 0 Å². The number of hydrogen-bond acceptors (Lipinski definition) is 2. The van der Waals surface area contributed by atoms with Crippen LogP contribution in [0.3, 0.4) is 0 Å². The Balaban J connectivity index is 2.18. The SMILES string of the molecule is CC1CNCCN1Cc1cc(Cl)cc(C(F)(F)F)c1. The van der Waals surface area contributed by atoms with E-state index < -0.39 is 11.7 Å². The standard InChI is InChI=1S/C13H16ClF3N2/c1-9-7-18-2-3-19(9)8-10-4-11(13(15,16)17)6-12(14)5-10/h4-6,9,18H,2-3,7-8H2,1H3. The first-order valence-electron chi connectivity index (χ1n) is 6.17. The van der Waals surface area contributed by atoms with Crippen molar-refractivity contribution in [3.8, 4) is 0 Å². The summed E-state index contributed by atoms with van der Waals surface area (Å²) in [4.78, 5) is 2.16. The molecule has 106 valence electrons. The van der Waals surface area contributed by atoms with E-state index in [1.165, 1.54) is 6.07 Å². The summed E-state index contributed by atoms with van der Waals surface area (Å²) in [5, 5.41) is 3.38. The minimum Gasteiger partial charge on any atom is -0.314 e. The second kappa shape index (κ2) is 5.69. The number of nitrogens with one attached hydrogen (secondary N) is 1. The summed E-state index contributed by atoms with van der Waals surface area (Å²) < 4.78 is 38.2. The average Bonchev–Trinajstić information content (AvgIpc) is 2.30. The Morgan fingerprint density at radius 2 is 2.11 bits per heavy atom. The number of alkyl halides is 3. The largest absolute Gasteiger partial charge is 0.416 e. The molecule has 1 aromatic carbocycles. The van der Waals surface area contributed by atoms with Gasteiger partial charge < -0.3 is 5.32 Å². The Hall–Kier alpha value is -0.780. The number of halogens is 4. The molecule has 1 aromatic rings. The topological polar surface area (TPSA) is 15.3 Å². The van der Waals surface area contributed by atoms with Crippen LogP contribution in [0.25, 0.3) is 0 Å². The van der Waals surface area contributed by atoms with Gasteiger partial charge in [-0.3, -0.25) is 4.90 Å². The van der Waals surface area contributed by atoms with Crippen molar-refractivity contribution in [2.24, 2.45) is 0 Å². The fourth-order valence-corrected chi connectivity index (χ4v) is 2.52. The first-order chi connectivity index (χ1) is 8.86. The van der Waals surface area contributed by atoms with E-state index in [2.05, 4.69) is 17.1 Å². The zero-order valence-corrected chi connectivity index (χ0v) is 11.4. The van der Waals surface area contributed by atoms with Crippen LogP contribution in [-0.2, 0) is 12.7 Å². The quantitative estimate of drug-likeness (QED) is 0.901.